The quantitative estimate of drug-likeness (QED) is 0.873. The number of aromatic nitrogens is 1. The fraction of sp³-hybridized carbons (Fsp3) is 0.615. The second-order valence-electron chi connectivity index (χ2n) is 5.44. The Morgan fingerprint density at radius 3 is 3.00 bits per heavy atom. The Kier molecular flexibility index (Phi) is 4.23. The third kappa shape index (κ3) is 3.75. The van der Waals surface area contributed by atoms with Crippen molar-refractivity contribution in [2.24, 2.45) is 5.92 Å². The summed E-state index contributed by atoms with van der Waals surface area (Å²) in [5.41, 5.74) is -0.924. The lowest BCUT2D eigenvalue weighted by atomic mass is 9.79. The summed E-state index contributed by atoms with van der Waals surface area (Å²) in [5.74, 6) is 0.432. The first-order valence-corrected chi connectivity index (χ1v) is 8.02. The summed E-state index contributed by atoms with van der Waals surface area (Å²) in [4.78, 5) is 3.92. The molecule has 2 rings (SSSR count). The summed E-state index contributed by atoms with van der Waals surface area (Å²) >= 11 is 0. The number of aliphatic hydroxyl groups is 1. The third-order valence-electron chi connectivity index (χ3n) is 3.60. The largest absolute Gasteiger partial charge is 0.389 e. The molecule has 0 spiro atoms. The van der Waals surface area contributed by atoms with Crippen molar-refractivity contribution in [1.29, 1.82) is 0 Å². The Balaban J connectivity index is 2.02. The van der Waals surface area contributed by atoms with Gasteiger partial charge in [0.05, 0.1) is 5.60 Å². The van der Waals surface area contributed by atoms with Gasteiger partial charge in [0, 0.05) is 18.9 Å². The zero-order valence-corrected chi connectivity index (χ0v) is 11.9. The van der Waals surface area contributed by atoms with E-state index in [4.69, 9.17) is 0 Å². The summed E-state index contributed by atoms with van der Waals surface area (Å²) in [7, 11) is -3.59. The van der Waals surface area contributed by atoms with E-state index in [0.29, 0.717) is 18.8 Å². The maximum atomic E-state index is 12.0. The molecule has 1 aliphatic rings. The van der Waals surface area contributed by atoms with Gasteiger partial charge in [-0.2, -0.15) is 0 Å². The van der Waals surface area contributed by atoms with Gasteiger partial charge >= 0.3 is 0 Å². The number of rotatable bonds is 4. The fourth-order valence-electron chi connectivity index (χ4n) is 2.61. The molecule has 0 aromatic carbocycles. The Morgan fingerprint density at radius 1 is 1.58 bits per heavy atom. The average molecular weight is 284 g/mol. The van der Waals surface area contributed by atoms with Crippen LogP contribution < -0.4 is 4.72 Å². The predicted molar refractivity (Wildman–Crippen MR) is 72.0 cm³/mol. The van der Waals surface area contributed by atoms with Gasteiger partial charge in [-0.05, 0) is 30.9 Å². The van der Waals surface area contributed by atoms with E-state index in [2.05, 4.69) is 16.6 Å². The van der Waals surface area contributed by atoms with Crippen LogP contribution in [-0.4, -0.2) is 30.7 Å². The molecular formula is C13H20N2O3S. The molecule has 19 heavy (non-hydrogen) atoms. The summed E-state index contributed by atoms with van der Waals surface area (Å²) in [6.45, 7) is 2.15. The second-order valence-corrected chi connectivity index (χ2v) is 7.21. The van der Waals surface area contributed by atoms with Gasteiger partial charge in [0.2, 0.25) is 10.0 Å². The average Bonchev–Trinajstić information content (AvgIpc) is 2.38. The lowest BCUT2D eigenvalue weighted by Gasteiger charge is -2.35. The van der Waals surface area contributed by atoms with Crippen molar-refractivity contribution in [1.82, 2.24) is 9.71 Å². The number of hydrogen-bond acceptors (Lipinski definition) is 4. The number of nitrogens with one attached hydrogen (secondary N) is 1. The van der Waals surface area contributed by atoms with Gasteiger partial charge in [-0.25, -0.2) is 13.1 Å². The molecule has 0 amide bonds. The lowest BCUT2D eigenvalue weighted by molar-refractivity contribution is -0.00751. The Labute approximate surface area is 114 Å². The number of pyridine rings is 1. The van der Waals surface area contributed by atoms with Crippen LogP contribution in [0.25, 0.3) is 0 Å². The monoisotopic (exact) mass is 284 g/mol. The van der Waals surface area contributed by atoms with Gasteiger partial charge in [-0.3, -0.25) is 4.98 Å². The highest BCUT2D eigenvalue weighted by Crippen LogP contribution is 2.31. The Hall–Kier alpha value is -0.980. The van der Waals surface area contributed by atoms with E-state index in [9.17, 15) is 13.5 Å². The van der Waals surface area contributed by atoms with Crippen LogP contribution in [0.1, 0.15) is 32.6 Å². The molecule has 5 nitrogen and oxygen atoms in total. The van der Waals surface area contributed by atoms with E-state index in [1.165, 1.54) is 18.5 Å². The van der Waals surface area contributed by atoms with Crippen LogP contribution in [0, 0.1) is 5.92 Å². The predicted octanol–water partition coefficient (Wildman–Crippen LogP) is 1.30. The van der Waals surface area contributed by atoms with Crippen molar-refractivity contribution in [2.75, 3.05) is 6.54 Å². The van der Waals surface area contributed by atoms with Crippen LogP contribution in [0.15, 0.2) is 29.4 Å². The van der Waals surface area contributed by atoms with E-state index >= 15 is 0 Å². The first-order valence-electron chi connectivity index (χ1n) is 6.53. The minimum Gasteiger partial charge on any atom is -0.389 e. The molecule has 1 saturated carbocycles. The van der Waals surface area contributed by atoms with Crippen molar-refractivity contribution in [3.05, 3.63) is 24.5 Å². The fourth-order valence-corrected chi connectivity index (χ4v) is 3.69. The highest BCUT2D eigenvalue weighted by molar-refractivity contribution is 7.89. The van der Waals surface area contributed by atoms with Crippen LogP contribution in [0.2, 0.25) is 0 Å². The van der Waals surface area contributed by atoms with Crippen LogP contribution in [0.3, 0.4) is 0 Å². The topological polar surface area (TPSA) is 79.3 Å². The highest BCUT2D eigenvalue weighted by Gasteiger charge is 2.33. The summed E-state index contributed by atoms with van der Waals surface area (Å²) < 4.78 is 26.6. The minimum atomic E-state index is -3.59. The summed E-state index contributed by atoms with van der Waals surface area (Å²) in [5, 5.41) is 10.4. The Morgan fingerprint density at radius 2 is 2.37 bits per heavy atom. The zero-order chi connectivity index (χ0) is 13.9. The molecule has 1 aromatic rings. The van der Waals surface area contributed by atoms with Gasteiger partial charge in [-0.15, -0.1) is 0 Å². The van der Waals surface area contributed by atoms with Gasteiger partial charge < -0.3 is 5.11 Å². The molecule has 0 bridgehead atoms. The first-order chi connectivity index (χ1) is 8.91. The van der Waals surface area contributed by atoms with Crippen LogP contribution in [0.4, 0.5) is 0 Å². The standard InChI is InChI=1S/C13H20N2O3S/c1-11-4-2-6-13(16,8-11)10-15-19(17,18)12-5-3-7-14-9-12/h3,5,7,9,11,15-16H,2,4,6,8,10H2,1H3. The molecule has 0 saturated heterocycles. The molecule has 0 radical (unpaired) electrons. The van der Waals surface area contributed by atoms with E-state index in [1.807, 2.05) is 0 Å². The lowest BCUT2D eigenvalue weighted by Crippen LogP contribution is -2.45. The number of hydrogen-bond donors (Lipinski definition) is 2. The van der Waals surface area contributed by atoms with Crippen molar-refractivity contribution in [2.45, 2.75) is 43.1 Å². The second kappa shape index (κ2) is 5.56. The van der Waals surface area contributed by atoms with E-state index in [1.54, 1.807) is 6.07 Å². The first kappa shape index (κ1) is 14.4. The van der Waals surface area contributed by atoms with Gasteiger partial charge in [0.15, 0.2) is 0 Å². The molecule has 0 aliphatic heterocycles. The summed E-state index contributed by atoms with van der Waals surface area (Å²) in [6.07, 6.45) is 6.14. The van der Waals surface area contributed by atoms with Gasteiger partial charge in [0.1, 0.15) is 4.90 Å². The number of nitrogens with zero attached hydrogens (tertiary/aromatic N) is 1. The van der Waals surface area contributed by atoms with Crippen LogP contribution >= 0.6 is 0 Å². The zero-order valence-electron chi connectivity index (χ0n) is 11.0. The van der Waals surface area contributed by atoms with Crippen LogP contribution in [0.5, 0.6) is 0 Å². The highest BCUT2D eigenvalue weighted by atomic mass is 32.2. The third-order valence-corrected chi connectivity index (χ3v) is 4.99. The normalized spacial score (nSPS) is 28.2. The maximum Gasteiger partial charge on any atom is 0.242 e. The molecular weight excluding hydrogens is 264 g/mol. The SMILES string of the molecule is CC1CCCC(O)(CNS(=O)(=O)c2cccnc2)C1. The van der Waals surface area contributed by atoms with Crippen molar-refractivity contribution >= 4 is 10.0 Å². The van der Waals surface area contributed by atoms with Crippen molar-refractivity contribution in [3.63, 3.8) is 0 Å². The molecule has 2 N–H and O–H groups in total. The molecule has 1 aromatic heterocycles. The Bertz CT molecular complexity index is 518. The van der Waals surface area contributed by atoms with Crippen molar-refractivity contribution < 1.29 is 13.5 Å². The van der Waals surface area contributed by atoms with E-state index in [-0.39, 0.29) is 11.4 Å². The van der Waals surface area contributed by atoms with Gasteiger partial charge in [0.25, 0.3) is 0 Å². The van der Waals surface area contributed by atoms with Gasteiger partial charge in [-0.1, -0.05) is 19.8 Å². The number of sulfonamides is 1. The maximum absolute atomic E-state index is 12.0. The molecule has 2 atom stereocenters. The molecule has 2 unspecified atom stereocenters. The molecule has 1 aliphatic carbocycles. The molecule has 106 valence electrons. The van der Waals surface area contributed by atoms with Crippen molar-refractivity contribution in [3.8, 4) is 0 Å². The molecule has 1 fully saturated rings. The molecule has 1 heterocycles. The molecule has 6 heteroatoms. The van der Waals surface area contributed by atoms with E-state index < -0.39 is 15.6 Å². The van der Waals surface area contributed by atoms with Crippen LogP contribution in [-0.2, 0) is 10.0 Å². The smallest absolute Gasteiger partial charge is 0.242 e. The summed E-state index contributed by atoms with van der Waals surface area (Å²) in [6, 6.07) is 3.06. The van der Waals surface area contributed by atoms with E-state index in [0.717, 1.165) is 12.8 Å². The minimum absolute atomic E-state index is 0.0641.